The minimum atomic E-state index is -4.49. The summed E-state index contributed by atoms with van der Waals surface area (Å²) in [4.78, 5) is 11.5. The lowest BCUT2D eigenvalue weighted by molar-refractivity contribution is -0.137. The molecule has 0 spiro atoms. The quantitative estimate of drug-likeness (QED) is 0.874. The third kappa shape index (κ3) is 4.03. The van der Waals surface area contributed by atoms with Gasteiger partial charge in [0.2, 0.25) is 5.91 Å². The molecular formula is C12H15F3N2O. The lowest BCUT2D eigenvalue weighted by Gasteiger charge is -2.14. The molecule has 0 saturated heterocycles. The Morgan fingerprint density at radius 3 is 2.56 bits per heavy atom. The zero-order chi connectivity index (χ0) is 13.8. The van der Waals surface area contributed by atoms with Gasteiger partial charge in [-0.15, -0.1) is 0 Å². The molecule has 18 heavy (non-hydrogen) atoms. The molecule has 100 valence electrons. The normalized spacial score (nSPS) is 13.2. The van der Waals surface area contributed by atoms with Crippen molar-refractivity contribution in [2.45, 2.75) is 32.0 Å². The highest BCUT2D eigenvalue weighted by Gasteiger charge is 2.33. The summed E-state index contributed by atoms with van der Waals surface area (Å²) in [6.45, 7) is 1.81. The molecule has 0 heterocycles. The van der Waals surface area contributed by atoms with Gasteiger partial charge in [0.1, 0.15) is 0 Å². The van der Waals surface area contributed by atoms with Gasteiger partial charge >= 0.3 is 6.18 Å². The number of rotatable bonds is 4. The maximum Gasteiger partial charge on any atom is 0.418 e. The van der Waals surface area contributed by atoms with Crippen molar-refractivity contribution in [3.05, 3.63) is 29.8 Å². The van der Waals surface area contributed by atoms with Gasteiger partial charge in [0.15, 0.2) is 0 Å². The van der Waals surface area contributed by atoms with Crippen LogP contribution in [-0.4, -0.2) is 11.9 Å². The van der Waals surface area contributed by atoms with Crippen LogP contribution in [-0.2, 0) is 11.0 Å². The van der Waals surface area contributed by atoms with Gasteiger partial charge in [-0.1, -0.05) is 19.1 Å². The van der Waals surface area contributed by atoms with Crippen molar-refractivity contribution in [3.8, 4) is 0 Å². The summed E-state index contributed by atoms with van der Waals surface area (Å²) in [5.41, 5.74) is 4.47. The Balaban J connectivity index is 2.82. The molecule has 1 unspecified atom stereocenters. The molecule has 3 N–H and O–H groups in total. The van der Waals surface area contributed by atoms with Gasteiger partial charge in [0.05, 0.1) is 11.3 Å². The number of benzene rings is 1. The zero-order valence-electron chi connectivity index (χ0n) is 9.92. The molecule has 3 nitrogen and oxygen atoms in total. The van der Waals surface area contributed by atoms with Crippen molar-refractivity contribution in [2.75, 3.05) is 5.32 Å². The Morgan fingerprint density at radius 2 is 2.00 bits per heavy atom. The number of hydrogen-bond acceptors (Lipinski definition) is 2. The van der Waals surface area contributed by atoms with Crippen LogP contribution in [0.2, 0.25) is 0 Å². The van der Waals surface area contributed by atoms with E-state index in [0.717, 1.165) is 6.07 Å². The predicted octanol–water partition coefficient (Wildman–Crippen LogP) is 2.77. The Labute approximate surface area is 103 Å². The molecule has 0 saturated carbocycles. The number of para-hydroxylation sites is 1. The van der Waals surface area contributed by atoms with E-state index in [1.54, 1.807) is 0 Å². The number of alkyl halides is 3. The molecule has 1 aromatic rings. The Morgan fingerprint density at radius 1 is 1.39 bits per heavy atom. The molecule has 1 aromatic carbocycles. The second-order valence-electron chi connectivity index (χ2n) is 3.96. The van der Waals surface area contributed by atoms with Gasteiger partial charge in [-0.3, -0.25) is 4.79 Å². The Hall–Kier alpha value is -1.56. The van der Waals surface area contributed by atoms with E-state index in [2.05, 4.69) is 5.32 Å². The van der Waals surface area contributed by atoms with E-state index in [9.17, 15) is 18.0 Å². The number of amides is 1. The Bertz CT molecular complexity index is 418. The first-order chi connectivity index (χ1) is 8.34. The predicted molar refractivity (Wildman–Crippen MR) is 63.0 cm³/mol. The standard InChI is InChI=1S/C12H15F3N2O/c1-2-8(16)7-11(18)17-10-6-4-3-5-9(10)12(13,14)15/h3-6,8H,2,7,16H2,1H3,(H,17,18). The van der Waals surface area contributed by atoms with Gasteiger partial charge in [0, 0.05) is 12.5 Å². The van der Waals surface area contributed by atoms with Crippen LogP contribution in [0.25, 0.3) is 0 Å². The second kappa shape index (κ2) is 5.86. The summed E-state index contributed by atoms with van der Waals surface area (Å²) in [6.07, 6.45) is -3.90. The number of halogens is 3. The van der Waals surface area contributed by atoms with E-state index in [1.807, 2.05) is 6.92 Å². The van der Waals surface area contributed by atoms with Crippen molar-refractivity contribution >= 4 is 11.6 Å². The number of carbonyl (C=O) groups is 1. The first kappa shape index (κ1) is 14.5. The molecule has 0 aliphatic heterocycles. The molecule has 0 aliphatic rings. The zero-order valence-corrected chi connectivity index (χ0v) is 9.92. The van der Waals surface area contributed by atoms with Crippen molar-refractivity contribution in [3.63, 3.8) is 0 Å². The van der Waals surface area contributed by atoms with Crippen LogP contribution in [0.15, 0.2) is 24.3 Å². The average Bonchev–Trinajstić information content (AvgIpc) is 2.27. The van der Waals surface area contributed by atoms with E-state index < -0.39 is 17.6 Å². The number of nitrogens with one attached hydrogen (secondary N) is 1. The SMILES string of the molecule is CCC(N)CC(=O)Nc1ccccc1C(F)(F)F. The van der Waals surface area contributed by atoms with Crippen molar-refractivity contribution < 1.29 is 18.0 Å². The Kier molecular flexibility index (Phi) is 4.72. The lowest BCUT2D eigenvalue weighted by Crippen LogP contribution is -2.27. The summed E-state index contributed by atoms with van der Waals surface area (Å²) in [5.74, 6) is -0.513. The smallest absolute Gasteiger partial charge is 0.327 e. The highest BCUT2D eigenvalue weighted by molar-refractivity contribution is 5.92. The molecule has 1 amide bonds. The van der Waals surface area contributed by atoms with Gasteiger partial charge in [-0.05, 0) is 18.6 Å². The number of carbonyl (C=O) groups excluding carboxylic acids is 1. The fourth-order valence-corrected chi connectivity index (χ4v) is 1.42. The highest BCUT2D eigenvalue weighted by atomic mass is 19.4. The number of hydrogen-bond donors (Lipinski definition) is 2. The first-order valence-corrected chi connectivity index (χ1v) is 5.56. The van der Waals surface area contributed by atoms with E-state index >= 15 is 0 Å². The molecule has 0 bridgehead atoms. The van der Waals surface area contributed by atoms with Crippen LogP contribution in [0.3, 0.4) is 0 Å². The molecule has 0 aliphatic carbocycles. The van der Waals surface area contributed by atoms with E-state index in [0.29, 0.717) is 6.42 Å². The minimum Gasteiger partial charge on any atom is -0.327 e. The summed E-state index contributed by atoms with van der Waals surface area (Å²) in [6, 6.07) is 4.51. The van der Waals surface area contributed by atoms with Crippen LogP contribution < -0.4 is 11.1 Å². The van der Waals surface area contributed by atoms with E-state index in [4.69, 9.17) is 5.73 Å². The molecule has 1 rings (SSSR count). The highest BCUT2D eigenvalue weighted by Crippen LogP contribution is 2.34. The molecular weight excluding hydrogens is 245 g/mol. The minimum absolute atomic E-state index is 0.00267. The maximum atomic E-state index is 12.7. The summed E-state index contributed by atoms with van der Waals surface area (Å²) in [5, 5.41) is 2.24. The largest absolute Gasteiger partial charge is 0.418 e. The number of anilines is 1. The van der Waals surface area contributed by atoms with Crippen molar-refractivity contribution in [1.82, 2.24) is 0 Å². The summed E-state index contributed by atoms with van der Waals surface area (Å²) >= 11 is 0. The second-order valence-corrected chi connectivity index (χ2v) is 3.96. The van der Waals surface area contributed by atoms with Gasteiger partial charge in [-0.25, -0.2) is 0 Å². The van der Waals surface area contributed by atoms with Crippen molar-refractivity contribution in [2.24, 2.45) is 5.73 Å². The average molecular weight is 260 g/mol. The topological polar surface area (TPSA) is 55.1 Å². The van der Waals surface area contributed by atoms with Gasteiger partial charge < -0.3 is 11.1 Å². The van der Waals surface area contributed by atoms with Gasteiger partial charge in [-0.2, -0.15) is 13.2 Å². The van der Waals surface area contributed by atoms with Crippen LogP contribution in [0.1, 0.15) is 25.3 Å². The first-order valence-electron chi connectivity index (χ1n) is 5.56. The third-order valence-electron chi connectivity index (χ3n) is 2.48. The third-order valence-corrected chi connectivity index (χ3v) is 2.48. The monoisotopic (exact) mass is 260 g/mol. The van der Waals surface area contributed by atoms with Crippen LogP contribution >= 0.6 is 0 Å². The van der Waals surface area contributed by atoms with Gasteiger partial charge in [0.25, 0.3) is 0 Å². The summed E-state index contributed by atoms with van der Waals surface area (Å²) in [7, 11) is 0. The van der Waals surface area contributed by atoms with Crippen LogP contribution in [0.5, 0.6) is 0 Å². The maximum absolute atomic E-state index is 12.7. The van der Waals surface area contributed by atoms with E-state index in [-0.39, 0.29) is 18.2 Å². The molecule has 0 aromatic heterocycles. The van der Waals surface area contributed by atoms with Crippen LogP contribution in [0, 0.1) is 0 Å². The van der Waals surface area contributed by atoms with Crippen LogP contribution in [0.4, 0.5) is 18.9 Å². The summed E-state index contributed by atoms with van der Waals surface area (Å²) < 4.78 is 38.0. The van der Waals surface area contributed by atoms with Crippen molar-refractivity contribution in [1.29, 1.82) is 0 Å². The molecule has 0 radical (unpaired) electrons. The fraction of sp³-hybridized carbons (Fsp3) is 0.417. The molecule has 6 heteroatoms. The molecule has 0 fully saturated rings. The number of nitrogens with two attached hydrogens (primary N) is 1. The molecule has 1 atom stereocenters. The lowest BCUT2D eigenvalue weighted by atomic mass is 10.1. The van der Waals surface area contributed by atoms with E-state index in [1.165, 1.54) is 18.2 Å². The fourth-order valence-electron chi connectivity index (χ4n) is 1.42.